The van der Waals surface area contributed by atoms with Crippen LogP contribution in [0.15, 0.2) is 29.2 Å². The van der Waals surface area contributed by atoms with Gasteiger partial charge in [-0.15, -0.1) is 0 Å². The van der Waals surface area contributed by atoms with Crippen molar-refractivity contribution in [3.63, 3.8) is 0 Å². The van der Waals surface area contributed by atoms with E-state index in [0.717, 1.165) is 12.8 Å². The van der Waals surface area contributed by atoms with Crippen LogP contribution in [0.1, 0.15) is 32.6 Å². The first-order valence-electron chi connectivity index (χ1n) is 6.79. The first kappa shape index (κ1) is 15.8. The summed E-state index contributed by atoms with van der Waals surface area (Å²) in [5.74, 6) is 0.593. The maximum absolute atomic E-state index is 12.2. The topological polar surface area (TPSA) is 66.4 Å². The highest BCUT2D eigenvalue weighted by Gasteiger charge is 2.33. The lowest BCUT2D eigenvalue weighted by Crippen LogP contribution is -2.45. The van der Waals surface area contributed by atoms with Crippen molar-refractivity contribution < 1.29 is 13.5 Å². The molecule has 112 valence electrons. The van der Waals surface area contributed by atoms with Crippen LogP contribution in [0.5, 0.6) is 0 Å². The lowest BCUT2D eigenvalue weighted by atomic mass is 9.80. The normalized spacial score (nSPS) is 27.4. The highest BCUT2D eigenvalue weighted by molar-refractivity contribution is 7.89. The summed E-state index contributed by atoms with van der Waals surface area (Å²) in [5, 5.41) is 10.6. The number of hydrogen-bond acceptors (Lipinski definition) is 3. The Morgan fingerprint density at radius 3 is 2.55 bits per heavy atom. The fourth-order valence-corrected chi connectivity index (χ4v) is 4.08. The second kappa shape index (κ2) is 6.02. The Balaban J connectivity index is 2.05. The van der Waals surface area contributed by atoms with Gasteiger partial charge in [-0.1, -0.05) is 30.7 Å². The average molecular weight is 318 g/mol. The Morgan fingerprint density at radius 1 is 1.35 bits per heavy atom. The zero-order valence-electron chi connectivity index (χ0n) is 11.5. The van der Waals surface area contributed by atoms with Crippen LogP contribution in [0.2, 0.25) is 5.02 Å². The van der Waals surface area contributed by atoms with E-state index in [-0.39, 0.29) is 16.5 Å². The second-order valence-corrected chi connectivity index (χ2v) is 7.80. The van der Waals surface area contributed by atoms with Crippen LogP contribution >= 0.6 is 11.6 Å². The number of aliphatic hydroxyl groups is 1. The molecule has 1 saturated carbocycles. The summed E-state index contributed by atoms with van der Waals surface area (Å²) in [6, 6.07) is 6.29. The van der Waals surface area contributed by atoms with E-state index in [4.69, 9.17) is 11.6 Å². The molecule has 1 aliphatic carbocycles. The van der Waals surface area contributed by atoms with Gasteiger partial charge in [0.15, 0.2) is 0 Å². The molecule has 0 radical (unpaired) electrons. The molecule has 0 saturated heterocycles. The van der Waals surface area contributed by atoms with Gasteiger partial charge in [0.1, 0.15) is 4.90 Å². The quantitative estimate of drug-likeness (QED) is 0.897. The van der Waals surface area contributed by atoms with E-state index in [0.29, 0.717) is 18.8 Å². The minimum Gasteiger partial charge on any atom is -0.389 e. The zero-order chi connectivity index (χ0) is 14.8. The standard InChI is InChI=1S/C14H20ClNO3S/c1-11-6-8-14(17,9-7-11)10-16-20(18,19)13-5-3-2-4-12(13)15/h2-5,11,16-17H,6-10H2,1H3. The monoisotopic (exact) mass is 317 g/mol. The molecule has 2 N–H and O–H groups in total. The van der Waals surface area contributed by atoms with Gasteiger partial charge in [0.2, 0.25) is 10.0 Å². The fourth-order valence-electron chi connectivity index (χ4n) is 2.45. The number of nitrogens with one attached hydrogen (secondary N) is 1. The van der Waals surface area contributed by atoms with E-state index < -0.39 is 15.6 Å². The number of sulfonamides is 1. The molecule has 6 heteroatoms. The molecule has 20 heavy (non-hydrogen) atoms. The molecular formula is C14H20ClNO3S. The molecule has 0 heterocycles. The summed E-state index contributed by atoms with van der Waals surface area (Å²) in [5.41, 5.74) is -0.944. The summed E-state index contributed by atoms with van der Waals surface area (Å²) >= 11 is 5.90. The smallest absolute Gasteiger partial charge is 0.242 e. The molecule has 0 aromatic heterocycles. The minimum atomic E-state index is -3.68. The zero-order valence-corrected chi connectivity index (χ0v) is 13.0. The molecule has 1 aliphatic rings. The van der Waals surface area contributed by atoms with Crippen molar-refractivity contribution in [2.24, 2.45) is 5.92 Å². The van der Waals surface area contributed by atoms with Crippen LogP contribution in [-0.4, -0.2) is 25.7 Å². The van der Waals surface area contributed by atoms with Crippen LogP contribution < -0.4 is 4.72 Å². The Kier molecular flexibility index (Phi) is 4.74. The Bertz CT molecular complexity index is 566. The summed E-state index contributed by atoms with van der Waals surface area (Å²) in [7, 11) is -3.68. The number of hydrogen-bond donors (Lipinski definition) is 2. The lowest BCUT2D eigenvalue weighted by molar-refractivity contribution is -0.00182. The van der Waals surface area contributed by atoms with E-state index in [9.17, 15) is 13.5 Å². The largest absolute Gasteiger partial charge is 0.389 e. The SMILES string of the molecule is CC1CCC(O)(CNS(=O)(=O)c2ccccc2Cl)CC1. The van der Waals surface area contributed by atoms with Crippen molar-refractivity contribution >= 4 is 21.6 Å². The Hall–Kier alpha value is -0.620. The van der Waals surface area contributed by atoms with Crippen molar-refractivity contribution in [3.05, 3.63) is 29.3 Å². The van der Waals surface area contributed by atoms with Gasteiger partial charge < -0.3 is 5.11 Å². The van der Waals surface area contributed by atoms with Crippen molar-refractivity contribution in [2.45, 2.75) is 43.1 Å². The van der Waals surface area contributed by atoms with Gasteiger partial charge in [0, 0.05) is 6.54 Å². The van der Waals surface area contributed by atoms with Crippen LogP contribution in [0.25, 0.3) is 0 Å². The Morgan fingerprint density at radius 2 is 1.95 bits per heavy atom. The first-order chi connectivity index (χ1) is 9.32. The van der Waals surface area contributed by atoms with Gasteiger partial charge in [-0.2, -0.15) is 0 Å². The van der Waals surface area contributed by atoms with Crippen LogP contribution in [0.3, 0.4) is 0 Å². The molecule has 0 unspecified atom stereocenters. The Labute approximate surface area is 125 Å². The lowest BCUT2D eigenvalue weighted by Gasteiger charge is -2.34. The van der Waals surface area contributed by atoms with Gasteiger partial charge in [0.05, 0.1) is 10.6 Å². The molecule has 1 fully saturated rings. The van der Waals surface area contributed by atoms with E-state index >= 15 is 0 Å². The van der Waals surface area contributed by atoms with Gasteiger partial charge in [-0.3, -0.25) is 0 Å². The molecule has 1 aromatic rings. The molecule has 1 aromatic carbocycles. The second-order valence-electron chi connectivity index (χ2n) is 5.66. The average Bonchev–Trinajstić information content (AvgIpc) is 2.41. The highest BCUT2D eigenvalue weighted by atomic mass is 35.5. The molecule has 0 aliphatic heterocycles. The van der Waals surface area contributed by atoms with Crippen molar-refractivity contribution in [2.75, 3.05) is 6.54 Å². The predicted octanol–water partition coefficient (Wildman–Crippen LogP) is 2.56. The summed E-state index contributed by atoms with van der Waals surface area (Å²) < 4.78 is 26.9. The predicted molar refractivity (Wildman–Crippen MR) is 79.2 cm³/mol. The van der Waals surface area contributed by atoms with E-state index in [1.165, 1.54) is 12.1 Å². The van der Waals surface area contributed by atoms with Crippen molar-refractivity contribution in [3.8, 4) is 0 Å². The van der Waals surface area contributed by atoms with Gasteiger partial charge >= 0.3 is 0 Å². The molecule has 0 spiro atoms. The summed E-state index contributed by atoms with van der Waals surface area (Å²) in [4.78, 5) is 0.0504. The van der Waals surface area contributed by atoms with E-state index in [2.05, 4.69) is 11.6 Å². The third kappa shape index (κ3) is 3.73. The summed E-state index contributed by atoms with van der Waals surface area (Å²) in [6.07, 6.45) is 3.09. The maximum atomic E-state index is 12.2. The van der Waals surface area contributed by atoms with Gasteiger partial charge in [-0.05, 0) is 43.7 Å². The number of halogens is 1. The molecule has 4 nitrogen and oxygen atoms in total. The van der Waals surface area contributed by atoms with Crippen LogP contribution in [-0.2, 0) is 10.0 Å². The number of benzene rings is 1. The highest BCUT2D eigenvalue weighted by Crippen LogP contribution is 2.31. The van der Waals surface area contributed by atoms with E-state index in [1.54, 1.807) is 12.1 Å². The van der Waals surface area contributed by atoms with E-state index in [1.807, 2.05) is 0 Å². The third-order valence-corrected chi connectivity index (χ3v) is 5.82. The van der Waals surface area contributed by atoms with Gasteiger partial charge in [0.25, 0.3) is 0 Å². The minimum absolute atomic E-state index is 0.0350. The number of rotatable bonds is 4. The molecular weight excluding hydrogens is 298 g/mol. The first-order valence-corrected chi connectivity index (χ1v) is 8.65. The molecule has 0 amide bonds. The molecule has 2 rings (SSSR count). The maximum Gasteiger partial charge on any atom is 0.242 e. The van der Waals surface area contributed by atoms with Crippen molar-refractivity contribution in [1.29, 1.82) is 0 Å². The summed E-state index contributed by atoms with van der Waals surface area (Å²) in [6.45, 7) is 2.18. The van der Waals surface area contributed by atoms with Crippen molar-refractivity contribution in [1.82, 2.24) is 4.72 Å². The van der Waals surface area contributed by atoms with Crippen LogP contribution in [0.4, 0.5) is 0 Å². The third-order valence-electron chi connectivity index (χ3n) is 3.92. The fraction of sp³-hybridized carbons (Fsp3) is 0.571. The van der Waals surface area contributed by atoms with Gasteiger partial charge in [-0.25, -0.2) is 13.1 Å². The van der Waals surface area contributed by atoms with Crippen LogP contribution in [0, 0.1) is 5.92 Å². The molecule has 0 atom stereocenters. The molecule has 0 bridgehead atoms.